The summed E-state index contributed by atoms with van der Waals surface area (Å²) in [5, 5.41) is 1.88. The summed E-state index contributed by atoms with van der Waals surface area (Å²) in [6.07, 6.45) is 1.09. The molecule has 100 valence electrons. The second kappa shape index (κ2) is 4.60. The molecule has 1 saturated heterocycles. The zero-order valence-corrected chi connectivity index (χ0v) is 12.3. The van der Waals surface area contributed by atoms with E-state index in [1.54, 1.807) is 0 Å². The average Bonchev–Trinajstić information content (AvgIpc) is 2.40. The van der Waals surface area contributed by atoms with Gasteiger partial charge in [0.15, 0.2) is 0 Å². The van der Waals surface area contributed by atoms with Crippen molar-refractivity contribution in [3.63, 3.8) is 0 Å². The van der Waals surface area contributed by atoms with Crippen molar-refractivity contribution in [1.82, 2.24) is 5.06 Å². The normalized spacial score (nSPS) is 25.3. The van der Waals surface area contributed by atoms with Gasteiger partial charge in [0, 0.05) is 6.54 Å². The summed E-state index contributed by atoms with van der Waals surface area (Å²) in [7, 11) is 0. The van der Waals surface area contributed by atoms with Gasteiger partial charge in [-0.3, -0.25) is 0 Å². The van der Waals surface area contributed by atoms with E-state index in [0.29, 0.717) is 11.8 Å². The van der Waals surface area contributed by atoms with Crippen molar-refractivity contribution < 1.29 is 9.63 Å². The van der Waals surface area contributed by atoms with Gasteiger partial charge in [-0.25, -0.2) is 4.79 Å². The first-order valence-corrected chi connectivity index (χ1v) is 6.54. The van der Waals surface area contributed by atoms with Crippen LogP contribution in [-0.2, 0) is 9.63 Å². The number of hydroxylamine groups is 2. The Balaban J connectivity index is 2.69. The van der Waals surface area contributed by atoms with Crippen LogP contribution in [0.25, 0.3) is 0 Å². The van der Waals surface area contributed by atoms with Crippen LogP contribution in [0.2, 0.25) is 0 Å². The SMILES string of the molecule is CC(C)C1CN(OC(=O)C(C)(C)C)C(C)(C)C1. The number of carbonyl (C=O) groups is 1. The fourth-order valence-corrected chi connectivity index (χ4v) is 2.11. The first kappa shape index (κ1) is 14.5. The van der Waals surface area contributed by atoms with Crippen molar-refractivity contribution in [2.75, 3.05) is 6.54 Å². The van der Waals surface area contributed by atoms with Crippen LogP contribution in [0.1, 0.15) is 54.9 Å². The molecule has 1 aliphatic rings. The molecule has 0 spiro atoms. The fourth-order valence-electron chi connectivity index (χ4n) is 2.11. The minimum absolute atomic E-state index is 0.0458. The maximum absolute atomic E-state index is 11.9. The lowest BCUT2D eigenvalue weighted by molar-refractivity contribution is -0.216. The van der Waals surface area contributed by atoms with Gasteiger partial charge in [0.1, 0.15) is 0 Å². The summed E-state index contributed by atoms with van der Waals surface area (Å²) < 4.78 is 0. The van der Waals surface area contributed by atoms with E-state index in [1.165, 1.54) is 0 Å². The van der Waals surface area contributed by atoms with E-state index in [4.69, 9.17) is 4.84 Å². The number of hydrogen-bond acceptors (Lipinski definition) is 3. The summed E-state index contributed by atoms with van der Waals surface area (Å²) in [6.45, 7) is 15.3. The maximum atomic E-state index is 11.9. The third-order valence-corrected chi connectivity index (χ3v) is 3.59. The van der Waals surface area contributed by atoms with Crippen LogP contribution in [0, 0.1) is 17.3 Å². The first-order chi connectivity index (χ1) is 7.54. The third kappa shape index (κ3) is 3.44. The summed E-state index contributed by atoms with van der Waals surface area (Å²) in [6, 6.07) is 0. The molecule has 0 saturated carbocycles. The molecule has 0 aliphatic carbocycles. The number of nitrogens with zero attached hydrogens (tertiary/aromatic N) is 1. The van der Waals surface area contributed by atoms with E-state index < -0.39 is 5.41 Å². The van der Waals surface area contributed by atoms with Crippen molar-refractivity contribution in [3.05, 3.63) is 0 Å². The Bertz CT molecular complexity index is 289. The van der Waals surface area contributed by atoms with E-state index in [9.17, 15) is 4.79 Å². The van der Waals surface area contributed by atoms with Gasteiger partial charge >= 0.3 is 5.97 Å². The van der Waals surface area contributed by atoms with Crippen molar-refractivity contribution in [1.29, 1.82) is 0 Å². The molecule has 1 atom stereocenters. The molecule has 1 aliphatic heterocycles. The van der Waals surface area contributed by atoms with Crippen molar-refractivity contribution in [2.24, 2.45) is 17.3 Å². The minimum Gasteiger partial charge on any atom is -0.367 e. The highest BCUT2D eigenvalue weighted by molar-refractivity contribution is 5.75. The lowest BCUT2D eigenvalue weighted by Crippen LogP contribution is -2.42. The quantitative estimate of drug-likeness (QED) is 0.743. The van der Waals surface area contributed by atoms with Crippen LogP contribution in [0.15, 0.2) is 0 Å². The topological polar surface area (TPSA) is 29.5 Å². The minimum atomic E-state index is -0.438. The van der Waals surface area contributed by atoms with Crippen LogP contribution >= 0.6 is 0 Å². The molecular weight excluding hydrogens is 214 g/mol. The summed E-state index contributed by atoms with van der Waals surface area (Å²) in [4.78, 5) is 17.5. The smallest absolute Gasteiger partial charge is 0.330 e. The Labute approximate surface area is 105 Å². The monoisotopic (exact) mass is 241 g/mol. The van der Waals surface area contributed by atoms with Gasteiger partial charge in [0.25, 0.3) is 0 Å². The fraction of sp³-hybridized carbons (Fsp3) is 0.929. The summed E-state index contributed by atoms with van der Waals surface area (Å²) in [5.74, 6) is 1.10. The summed E-state index contributed by atoms with van der Waals surface area (Å²) in [5.41, 5.74) is -0.484. The highest BCUT2D eigenvalue weighted by Crippen LogP contribution is 2.37. The Morgan fingerprint density at radius 1 is 1.35 bits per heavy atom. The lowest BCUT2D eigenvalue weighted by atomic mass is 9.89. The standard InChI is InChI=1S/C14H27NO2/c1-10(2)11-8-14(6,7)15(9-11)17-12(16)13(3,4)5/h10-11H,8-9H2,1-7H3. The first-order valence-electron chi connectivity index (χ1n) is 6.54. The van der Waals surface area contributed by atoms with Crippen LogP contribution in [0.5, 0.6) is 0 Å². The molecule has 17 heavy (non-hydrogen) atoms. The zero-order valence-electron chi connectivity index (χ0n) is 12.3. The van der Waals surface area contributed by atoms with E-state index >= 15 is 0 Å². The van der Waals surface area contributed by atoms with Gasteiger partial charge in [0.2, 0.25) is 0 Å². The molecule has 0 aromatic carbocycles. The molecule has 3 nitrogen and oxygen atoms in total. The van der Waals surface area contributed by atoms with E-state index in [-0.39, 0.29) is 11.5 Å². The molecule has 1 fully saturated rings. The van der Waals surface area contributed by atoms with E-state index in [2.05, 4.69) is 27.7 Å². The largest absolute Gasteiger partial charge is 0.367 e. The second-order valence-electron chi connectivity index (χ2n) is 7.21. The molecule has 1 rings (SSSR count). The van der Waals surface area contributed by atoms with Crippen LogP contribution < -0.4 is 0 Å². The number of hydrogen-bond donors (Lipinski definition) is 0. The Morgan fingerprint density at radius 2 is 1.88 bits per heavy atom. The molecule has 0 bridgehead atoms. The Kier molecular flexibility index (Phi) is 3.92. The van der Waals surface area contributed by atoms with E-state index in [1.807, 2.05) is 25.8 Å². The van der Waals surface area contributed by atoms with Gasteiger partial charge in [-0.2, -0.15) is 0 Å². The van der Waals surface area contributed by atoms with Crippen LogP contribution in [0.4, 0.5) is 0 Å². The number of rotatable bonds is 2. The molecule has 0 aromatic rings. The molecular formula is C14H27NO2. The molecule has 3 heteroatoms. The molecule has 1 heterocycles. The van der Waals surface area contributed by atoms with Gasteiger partial charge < -0.3 is 4.84 Å². The Morgan fingerprint density at radius 3 is 2.24 bits per heavy atom. The van der Waals surface area contributed by atoms with Crippen molar-refractivity contribution in [2.45, 2.75) is 60.4 Å². The molecule has 0 radical (unpaired) electrons. The molecule has 0 aromatic heterocycles. The summed E-state index contributed by atoms with van der Waals surface area (Å²) >= 11 is 0. The zero-order chi connectivity index (χ0) is 13.4. The van der Waals surface area contributed by atoms with Crippen LogP contribution in [0.3, 0.4) is 0 Å². The Hall–Kier alpha value is -0.570. The predicted octanol–water partition coefficient (Wildman–Crippen LogP) is 3.25. The van der Waals surface area contributed by atoms with E-state index in [0.717, 1.165) is 13.0 Å². The van der Waals surface area contributed by atoms with Crippen LogP contribution in [-0.4, -0.2) is 23.1 Å². The molecule has 0 N–H and O–H groups in total. The number of carbonyl (C=O) groups excluding carboxylic acids is 1. The molecule has 1 unspecified atom stereocenters. The van der Waals surface area contributed by atoms with Crippen molar-refractivity contribution >= 4 is 5.97 Å². The van der Waals surface area contributed by atoms with Gasteiger partial charge in [-0.1, -0.05) is 13.8 Å². The highest BCUT2D eigenvalue weighted by Gasteiger charge is 2.43. The average molecular weight is 241 g/mol. The second-order valence-corrected chi connectivity index (χ2v) is 7.21. The lowest BCUT2D eigenvalue weighted by Gasteiger charge is -2.31. The van der Waals surface area contributed by atoms with Gasteiger partial charge in [-0.15, -0.1) is 5.06 Å². The highest BCUT2D eigenvalue weighted by atomic mass is 16.7. The molecule has 0 amide bonds. The van der Waals surface area contributed by atoms with Gasteiger partial charge in [-0.05, 0) is 52.9 Å². The van der Waals surface area contributed by atoms with Crippen molar-refractivity contribution in [3.8, 4) is 0 Å². The maximum Gasteiger partial charge on any atom is 0.330 e. The predicted molar refractivity (Wildman–Crippen MR) is 69.3 cm³/mol. The third-order valence-electron chi connectivity index (χ3n) is 3.59. The van der Waals surface area contributed by atoms with Gasteiger partial charge in [0.05, 0.1) is 11.0 Å².